The average Bonchev–Trinajstić information content (AvgIpc) is 2.38. The number of nitrogens with zero attached hydrogens (tertiary/aromatic N) is 1. The molecular formula is C16H33N3O3. The molecule has 0 bridgehead atoms. The van der Waals surface area contributed by atoms with E-state index >= 15 is 0 Å². The van der Waals surface area contributed by atoms with E-state index in [9.17, 15) is 9.59 Å². The zero-order valence-electron chi connectivity index (χ0n) is 15.2. The fourth-order valence-corrected chi connectivity index (χ4v) is 1.96. The highest BCUT2D eigenvalue weighted by atomic mass is 16.6. The third-order valence-electron chi connectivity index (χ3n) is 3.24. The van der Waals surface area contributed by atoms with Crippen molar-refractivity contribution in [2.24, 2.45) is 5.92 Å². The third kappa shape index (κ3) is 8.87. The van der Waals surface area contributed by atoms with Gasteiger partial charge >= 0.3 is 6.09 Å². The molecule has 0 aromatic rings. The summed E-state index contributed by atoms with van der Waals surface area (Å²) in [5.41, 5.74) is -0.579. The van der Waals surface area contributed by atoms with Crippen LogP contribution >= 0.6 is 0 Å². The van der Waals surface area contributed by atoms with Gasteiger partial charge < -0.3 is 20.3 Å². The lowest BCUT2D eigenvalue weighted by Gasteiger charge is -2.25. The number of rotatable bonds is 8. The van der Waals surface area contributed by atoms with Gasteiger partial charge in [-0.15, -0.1) is 0 Å². The Balaban J connectivity index is 4.43. The molecule has 2 N–H and O–H groups in total. The Bertz CT molecular complexity index is 347. The summed E-state index contributed by atoms with van der Waals surface area (Å²) < 4.78 is 5.21. The fraction of sp³-hybridized carbons (Fsp3) is 0.875. The Morgan fingerprint density at radius 3 is 2.09 bits per heavy atom. The molecule has 0 aromatic heterocycles. The second-order valence-electron chi connectivity index (χ2n) is 6.69. The summed E-state index contributed by atoms with van der Waals surface area (Å²) in [4.78, 5) is 26.3. The second kappa shape index (κ2) is 9.66. The molecule has 0 aliphatic heterocycles. The molecule has 1 unspecified atom stereocenters. The zero-order chi connectivity index (χ0) is 17.3. The lowest BCUT2D eigenvalue weighted by Crippen LogP contribution is -2.51. The SMILES string of the molecule is CCN(CC)CCNC(=O)C(NC(=O)OC(C)(C)C)C(C)C. The number of nitrogens with one attached hydrogen (secondary N) is 2. The van der Waals surface area contributed by atoms with Crippen LogP contribution in [-0.2, 0) is 9.53 Å². The van der Waals surface area contributed by atoms with Gasteiger partial charge in [0.1, 0.15) is 11.6 Å². The highest BCUT2D eigenvalue weighted by molar-refractivity contribution is 5.85. The first kappa shape index (κ1) is 20.7. The van der Waals surface area contributed by atoms with Crippen LogP contribution < -0.4 is 10.6 Å². The third-order valence-corrected chi connectivity index (χ3v) is 3.24. The number of ether oxygens (including phenoxy) is 1. The first-order valence-electron chi connectivity index (χ1n) is 8.10. The van der Waals surface area contributed by atoms with Crippen molar-refractivity contribution >= 4 is 12.0 Å². The van der Waals surface area contributed by atoms with Gasteiger partial charge in [0, 0.05) is 13.1 Å². The van der Waals surface area contributed by atoms with Gasteiger partial charge in [-0.2, -0.15) is 0 Å². The molecule has 0 saturated carbocycles. The largest absolute Gasteiger partial charge is 0.444 e. The van der Waals surface area contributed by atoms with E-state index in [1.807, 2.05) is 13.8 Å². The first-order chi connectivity index (χ1) is 10.1. The van der Waals surface area contributed by atoms with Crippen molar-refractivity contribution in [3.05, 3.63) is 0 Å². The molecule has 0 spiro atoms. The van der Waals surface area contributed by atoms with E-state index in [4.69, 9.17) is 4.74 Å². The lowest BCUT2D eigenvalue weighted by atomic mass is 10.0. The van der Waals surface area contributed by atoms with Crippen LogP contribution in [0, 0.1) is 5.92 Å². The van der Waals surface area contributed by atoms with Crippen LogP contribution in [0.25, 0.3) is 0 Å². The normalized spacial score (nSPS) is 13.1. The molecule has 1 atom stereocenters. The van der Waals surface area contributed by atoms with Crippen molar-refractivity contribution in [2.45, 2.75) is 60.1 Å². The molecule has 22 heavy (non-hydrogen) atoms. The smallest absolute Gasteiger partial charge is 0.408 e. The molecule has 0 fully saturated rings. The molecule has 0 rings (SSSR count). The molecule has 6 heteroatoms. The Kier molecular flexibility index (Phi) is 9.09. The number of carbonyl (C=O) groups is 2. The van der Waals surface area contributed by atoms with Crippen LogP contribution in [0.5, 0.6) is 0 Å². The molecular weight excluding hydrogens is 282 g/mol. The zero-order valence-corrected chi connectivity index (χ0v) is 15.2. The fourth-order valence-electron chi connectivity index (χ4n) is 1.96. The van der Waals surface area contributed by atoms with E-state index in [1.54, 1.807) is 20.8 Å². The summed E-state index contributed by atoms with van der Waals surface area (Å²) in [6, 6.07) is -0.591. The van der Waals surface area contributed by atoms with Gasteiger partial charge in [-0.3, -0.25) is 4.79 Å². The molecule has 0 radical (unpaired) electrons. The highest BCUT2D eigenvalue weighted by Crippen LogP contribution is 2.08. The van der Waals surface area contributed by atoms with Crippen molar-refractivity contribution in [3.8, 4) is 0 Å². The van der Waals surface area contributed by atoms with Crippen LogP contribution in [0.4, 0.5) is 4.79 Å². The number of hydrogen-bond acceptors (Lipinski definition) is 4. The second-order valence-corrected chi connectivity index (χ2v) is 6.69. The molecule has 0 heterocycles. The maximum Gasteiger partial charge on any atom is 0.408 e. The topological polar surface area (TPSA) is 70.7 Å². The summed E-state index contributed by atoms with van der Waals surface area (Å²) in [5.74, 6) is -0.186. The minimum Gasteiger partial charge on any atom is -0.444 e. The molecule has 2 amide bonds. The summed E-state index contributed by atoms with van der Waals surface area (Å²) in [5, 5.41) is 5.53. The summed E-state index contributed by atoms with van der Waals surface area (Å²) in [6.07, 6.45) is -0.565. The van der Waals surface area contributed by atoms with Gasteiger partial charge in [-0.05, 0) is 39.8 Å². The Hall–Kier alpha value is -1.30. The highest BCUT2D eigenvalue weighted by Gasteiger charge is 2.26. The Morgan fingerprint density at radius 1 is 1.14 bits per heavy atom. The Morgan fingerprint density at radius 2 is 1.68 bits per heavy atom. The van der Waals surface area contributed by atoms with E-state index in [1.165, 1.54) is 0 Å². The minimum atomic E-state index is -0.591. The average molecular weight is 315 g/mol. The summed E-state index contributed by atoms with van der Waals surface area (Å²) in [7, 11) is 0. The van der Waals surface area contributed by atoms with E-state index < -0.39 is 17.7 Å². The van der Waals surface area contributed by atoms with E-state index in [-0.39, 0.29) is 11.8 Å². The number of carbonyl (C=O) groups excluding carboxylic acids is 2. The maximum atomic E-state index is 12.2. The van der Waals surface area contributed by atoms with Crippen LogP contribution in [0.3, 0.4) is 0 Å². The number of alkyl carbamates (subject to hydrolysis) is 1. The standard InChI is InChI=1S/C16H33N3O3/c1-8-19(9-2)11-10-17-14(20)13(12(3)4)18-15(21)22-16(5,6)7/h12-13H,8-11H2,1-7H3,(H,17,20)(H,18,21). The number of amides is 2. The van der Waals surface area contributed by atoms with E-state index in [2.05, 4.69) is 29.4 Å². The monoisotopic (exact) mass is 315 g/mol. The molecule has 130 valence electrons. The van der Waals surface area contributed by atoms with Crippen LogP contribution in [0.1, 0.15) is 48.5 Å². The maximum absolute atomic E-state index is 12.2. The summed E-state index contributed by atoms with van der Waals surface area (Å²) >= 11 is 0. The summed E-state index contributed by atoms with van der Waals surface area (Å²) in [6.45, 7) is 16.6. The van der Waals surface area contributed by atoms with Crippen molar-refractivity contribution in [2.75, 3.05) is 26.2 Å². The van der Waals surface area contributed by atoms with Crippen LogP contribution in [0.15, 0.2) is 0 Å². The molecule has 0 aromatic carbocycles. The predicted molar refractivity (Wildman–Crippen MR) is 88.8 cm³/mol. The van der Waals surface area contributed by atoms with Crippen molar-refractivity contribution in [1.82, 2.24) is 15.5 Å². The van der Waals surface area contributed by atoms with Crippen molar-refractivity contribution < 1.29 is 14.3 Å². The van der Waals surface area contributed by atoms with Gasteiger partial charge in [0.2, 0.25) is 5.91 Å². The van der Waals surface area contributed by atoms with E-state index in [0.29, 0.717) is 6.54 Å². The number of likely N-dealkylation sites (N-methyl/N-ethyl adjacent to an activating group) is 1. The quantitative estimate of drug-likeness (QED) is 0.718. The number of hydrogen-bond donors (Lipinski definition) is 2. The Labute approximate surface area is 135 Å². The first-order valence-corrected chi connectivity index (χ1v) is 8.10. The molecule has 0 aliphatic carbocycles. The van der Waals surface area contributed by atoms with Gasteiger partial charge in [-0.25, -0.2) is 4.79 Å². The minimum absolute atomic E-state index is 0.0130. The van der Waals surface area contributed by atoms with Gasteiger partial charge in [0.15, 0.2) is 0 Å². The van der Waals surface area contributed by atoms with Crippen molar-refractivity contribution in [3.63, 3.8) is 0 Å². The van der Waals surface area contributed by atoms with Gasteiger partial charge in [-0.1, -0.05) is 27.7 Å². The lowest BCUT2D eigenvalue weighted by molar-refractivity contribution is -0.124. The molecule has 6 nitrogen and oxygen atoms in total. The predicted octanol–water partition coefficient (Wildman–Crippen LogP) is 1.99. The van der Waals surface area contributed by atoms with Gasteiger partial charge in [0.05, 0.1) is 0 Å². The molecule has 0 aliphatic rings. The van der Waals surface area contributed by atoms with E-state index in [0.717, 1.165) is 19.6 Å². The van der Waals surface area contributed by atoms with Crippen LogP contribution in [-0.4, -0.2) is 54.7 Å². The van der Waals surface area contributed by atoms with Crippen molar-refractivity contribution in [1.29, 1.82) is 0 Å². The van der Waals surface area contributed by atoms with Gasteiger partial charge in [0.25, 0.3) is 0 Å². The molecule has 0 saturated heterocycles. The van der Waals surface area contributed by atoms with Crippen LogP contribution in [0.2, 0.25) is 0 Å².